The van der Waals surface area contributed by atoms with E-state index in [1.54, 1.807) is 6.20 Å². The Morgan fingerprint density at radius 1 is 1.29 bits per heavy atom. The van der Waals surface area contributed by atoms with Gasteiger partial charge < -0.3 is 9.15 Å². The maximum atomic E-state index is 11.9. The predicted octanol–water partition coefficient (Wildman–Crippen LogP) is 2.70. The van der Waals surface area contributed by atoms with Gasteiger partial charge in [0.1, 0.15) is 17.7 Å². The fourth-order valence-corrected chi connectivity index (χ4v) is 2.09. The van der Waals surface area contributed by atoms with Gasteiger partial charge >= 0.3 is 5.97 Å². The van der Waals surface area contributed by atoms with Gasteiger partial charge in [0.2, 0.25) is 5.89 Å². The molecule has 0 bridgehead atoms. The van der Waals surface area contributed by atoms with Crippen LogP contribution in [0.5, 0.6) is 0 Å². The van der Waals surface area contributed by atoms with E-state index in [4.69, 9.17) is 9.15 Å². The van der Waals surface area contributed by atoms with Gasteiger partial charge in [-0.15, -0.1) is 0 Å². The zero-order valence-corrected chi connectivity index (χ0v) is 12.3. The number of hydrogen-bond acceptors (Lipinski definition) is 5. The summed E-state index contributed by atoms with van der Waals surface area (Å²) in [4.78, 5) is 16.2. The third kappa shape index (κ3) is 3.13. The van der Waals surface area contributed by atoms with Crippen LogP contribution in [0.2, 0.25) is 0 Å². The lowest BCUT2D eigenvalue weighted by Gasteiger charge is -2.18. The SMILES string of the molecule is CC(C)(C)OC(=O)[C@H]1N[C@H]1c1ncc(-c2ccccc2)o1. The number of nitrogens with one attached hydrogen (secondary N) is 1. The van der Waals surface area contributed by atoms with Gasteiger partial charge in [0.25, 0.3) is 0 Å². The molecule has 5 heteroatoms. The second-order valence-electron chi connectivity index (χ2n) is 6.08. The quantitative estimate of drug-likeness (QED) is 0.693. The molecule has 2 atom stereocenters. The highest BCUT2D eigenvalue weighted by Gasteiger charge is 2.48. The molecule has 0 spiro atoms. The second kappa shape index (κ2) is 5.00. The van der Waals surface area contributed by atoms with Crippen molar-refractivity contribution in [2.24, 2.45) is 0 Å². The highest BCUT2D eigenvalue weighted by Crippen LogP contribution is 2.33. The summed E-state index contributed by atoms with van der Waals surface area (Å²) in [7, 11) is 0. The van der Waals surface area contributed by atoms with Crippen molar-refractivity contribution in [3.63, 3.8) is 0 Å². The normalized spacial score (nSPS) is 21.1. The highest BCUT2D eigenvalue weighted by molar-refractivity contribution is 5.80. The Labute approximate surface area is 123 Å². The lowest BCUT2D eigenvalue weighted by molar-refractivity contribution is -0.154. The number of ether oxygens (including phenoxy) is 1. The molecule has 1 N–H and O–H groups in total. The molecule has 1 fully saturated rings. The lowest BCUT2D eigenvalue weighted by atomic mass is 10.2. The van der Waals surface area contributed by atoms with E-state index < -0.39 is 5.60 Å². The molecule has 1 aliphatic rings. The van der Waals surface area contributed by atoms with E-state index in [0.29, 0.717) is 11.7 Å². The van der Waals surface area contributed by atoms with Crippen molar-refractivity contribution in [1.29, 1.82) is 0 Å². The van der Waals surface area contributed by atoms with Crippen molar-refractivity contribution in [3.05, 3.63) is 42.4 Å². The van der Waals surface area contributed by atoms with Gasteiger partial charge in [-0.3, -0.25) is 10.1 Å². The Kier molecular flexibility index (Phi) is 3.29. The molecule has 0 amide bonds. The molecule has 2 heterocycles. The molecule has 0 unspecified atom stereocenters. The van der Waals surface area contributed by atoms with Crippen molar-refractivity contribution >= 4 is 5.97 Å². The van der Waals surface area contributed by atoms with E-state index in [0.717, 1.165) is 5.56 Å². The third-order valence-electron chi connectivity index (χ3n) is 3.09. The largest absolute Gasteiger partial charge is 0.459 e. The Morgan fingerprint density at radius 2 is 2.00 bits per heavy atom. The minimum Gasteiger partial charge on any atom is -0.459 e. The first-order valence-electron chi connectivity index (χ1n) is 6.94. The van der Waals surface area contributed by atoms with Crippen LogP contribution in [0.1, 0.15) is 32.7 Å². The van der Waals surface area contributed by atoms with E-state index in [1.807, 2.05) is 51.1 Å². The fourth-order valence-electron chi connectivity index (χ4n) is 2.09. The van der Waals surface area contributed by atoms with Crippen LogP contribution in [0.4, 0.5) is 0 Å². The Hall–Kier alpha value is -2.14. The first-order chi connectivity index (χ1) is 9.94. The number of benzene rings is 1. The summed E-state index contributed by atoms with van der Waals surface area (Å²) in [6.45, 7) is 5.54. The molecule has 0 radical (unpaired) electrons. The monoisotopic (exact) mass is 286 g/mol. The molecule has 1 aromatic heterocycles. The van der Waals surface area contributed by atoms with Crippen LogP contribution in [-0.4, -0.2) is 22.6 Å². The Bertz CT molecular complexity index is 643. The second-order valence-corrected chi connectivity index (χ2v) is 6.08. The van der Waals surface area contributed by atoms with Gasteiger partial charge in [0.05, 0.1) is 6.20 Å². The van der Waals surface area contributed by atoms with E-state index in [1.165, 1.54) is 0 Å². The molecule has 2 aromatic rings. The smallest absolute Gasteiger partial charge is 0.325 e. The van der Waals surface area contributed by atoms with Crippen molar-refractivity contribution < 1.29 is 13.9 Å². The summed E-state index contributed by atoms with van der Waals surface area (Å²) < 4.78 is 11.1. The number of carbonyl (C=O) groups excluding carboxylic acids is 1. The van der Waals surface area contributed by atoms with Gasteiger partial charge in [-0.2, -0.15) is 0 Å². The molecule has 1 saturated heterocycles. The topological polar surface area (TPSA) is 74.3 Å². The molecule has 1 aromatic carbocycles. The summed E-state index contributed by atoms with van der Waals surface area (Å²) in [5.74, 6) is 0.943. The maximum Gasteiger partial charge on any atom is 0.325 e. The standard InChI is InChI=1S/C16H18N2O3/c1-16(2,3)21-15(19)13-12(18-13)14-17-9-11(20-14)10-7-5-4-6-8-10/h4-9,12-13,18H,1-3H3/t12-,13+/m1/s1. The summed E-state index contributed by atoms with van der Waals surface area (Å²) >= 11 is 0. The van der Waals surface area contributed by atoms with Gasteiger partial charge in [-0.25, -0.2) is 4.98 Å². The zero-order chi connectivity index (χ0) is 15.0. The fraction of sp³-hybridized carbons (Fsp3) is 0.375. The maximum absolute atomic E-state index is 11.9. The van der Waals surface area contributed by atoms with E-state index in [2.05, 4.69) is 10.3 Å². The number of rotatable bonds is 3. The van der Waals surface area contributed by atoms with E-state index in [9.17, 15) is 4.79 Å². The summed E-state index contributed by atoms with van der Waals surface area (Å²) in [5, 5.41) is 3.04. The molecule has 5 nitrogen and oxygen atoms in total. The van der Waals surface area contributed by atoms with Crippen molar-refractivity contribution in [2.45, 2.75) is 38.5 Å². The lowest BCUT2D eigenvalue weighted by Crippen LogP contribution is -2.27. The average Bonchev–Trinajstić information content (AvgIpc) is 3.08. The summed E-state index contributed by atoms with van der Waals surface area (Å²) in [6, 6.07) is 9.17. The predicted molar refractivity (Wildman–Crippen MR) is 77.4 cm³/mol. The summed E-state index contributed by atoms with van der Waals surface area (Å²) in [5.41, 5.74) is 0.475. The van der Waals surface area contributed by atoms with Crippen LogP contribution in [0.25, 0.3) is 11.3 Å². The number of hydrogen-bond donors (Lipinski definition) is 1. The Balaban J connectivity index is 1.68. The number of nitrogens with zero attached hydrogens (tertiary/aromatic N) is 1. The first-order valence-corrected chi connectivity index (χ1v) is 6.94. The van der Waals surface area contributed by atoms with E-state index in [-0.39, 0.29) is 18.1 Å². The number of carbonyl (C=O) groups is 1. The third-order valence-corrected chi connectivity index (χ3v) is 3.09. The molecule has 1 aliphatic heterocycles. The van der Waals surface area contributed by atoms with Crippen molar-refractivity contribution in [1.82, 2.24) is 10.3 Å². The number of oxazole rings is 1. The van der Waals surface area contributed by atoms with Gasteiger partial charge in [-0.1, -0.05) is 30.3 Å². The molecule has 21 heavy (non-hydrogen) atoms. The molecular formula is C16H18N2O3. The van der Waals surface area contributed by atoms with Gasteiger partial charge in [0, 0.05) is 5.56 Å². The van der Waals surface area contributed by atoms with Crippen LogP contribution in [0.3, 0.4) is 0 Å². The number of esters is 1. The molecular weight excluding hydrogens is 268 g/mol. The highest BCUT2D eigenvalue weighted by atomic mass is 16.6. The van der Waals surface area contributed by atoms with Crippen molar-refractivity contribution in [3.8, 4) is 11.3 Å². The molecule has 0 saturated carbocycles. The van der Waals surface area contributed by atoms with E-state index >= 15 is 0 Å². The minimum absolute atomic E-state index is 0.197. The molecule has 0 aliphatic carbocycles. The molecule has 3 rings (SSSR count). The van der Waals surface area contributed by atoms with Crippen molar-refractivity contribution in [2.75, 3.05) is 0 Å². The number of aromatic nitrogens is 1. The zero-order valence-electron chi connectivity index (χ0n) is 12.3. The average molecular weight is 286 g/mol. The van der Waals surface area contributed by atoms with Gasteiger partial charge in [-0.05, 0) is 20.8 Å². The van der Waals surface area contributed by atoms with Crippen LogP contribution < -0.4 is 5.32 Å². The van der Waals surface area contributed by atoms with Gasteiger partial charge in [0.15, 0.2) is 5.76 Å². The molecule has 110 valence electrons. The van der Waals surface area contributed by atoms with Crippen LogP contribution in [0, 0.1) is 0 Å². The first kappa shape index (κ1) is 13.8. The minimum atomic E-state index is -0.488. The van der Waals surface area contributed by atoms with Crippen LogP contribution in [-0.2, 0) is 9.53 Å². The van der Waals surface area contributed by atoms with Crippen LogP contribution >= 0.6 is 0 Å². The Morgan fingerprint density at radius 3 is 2.67 bits per heavy atom. The summed E-state index contributed by atoms with van der Waals surface area (Å²) in [6.07, 6.45) is 1.68. The van der Waals surface area contributed by atoms with Crippen LogP contribution in [0.15, 0.2) is 40.9 Å².